The van der Waals surface area contributed by atoms with Crippen LogP contribution in [0.2, 0.25) is 0 Å². The number of fused-ring (bicyclic) bond motifs is 1. The summed E-state index contributed by atoms with van der Waals surface area (Å²) in [5, 5.41) is 4.69. The highest BCUT2D eigenvalue weighted by molar-refractivity contribution is 8.00. The van der Waals surface area contributed by atoms with E-state index in [4.69, 9.17) is 0 Å². The highest BCUT2D eigenvalue weighted by atomic mass is 32.2. The topological polar surface area (TPSA) is 12.0 Å². The molecule has 76 valence electrons. The van der Waals surface area contributed by atoms with Gasteiger partial charge in [0.15, 0.2) is 0 Å². The van der Waals surface area contributed by atoms with Gasteiger partial charge < -0.3 is 5.32 Å². The van der Waals surface area contributed by atoms with E-state index in [0.717, 1.165) is 17.3 Å². The van der Waals surface area contributed by atoms with E-state index in [1.165, 1.54) is 44.3 Å². The summed E-state index contributed by atoms with van der Waals surface area (Å²) in [4.78, 5) is 0. The van der Waals surface area contributed by atoms with Crippen LogP contribution in [0.25, 0.3) is 0 Å². The number of rotatable bonds is 0. The number of hydrogen-bond acceptors (Lipinski definition) is 2. The lowest BCUT2D eigenvalue weighted by molar-refractivity contribution is 0.367. The molecule has 1 aliphatic heterocycles. The smallest absolute Gasteiger partial charge is 0.0201 e. The molecule has 2 heteroatoms. The number of thioether (sulfide) groups is 1. The van der Waals surface area contributed by atoms with Crippen LogP contribution in [0, 0.1) is 0 Å². The van der Waals surface area contributed by atoms with Crippen molar-refractivity contribution < 1.29 is 0 Å². The molecule has 2 fully saturated rings. The van der Waals surface area contributed by atoms with Gasteiger partial charge in [-0.25, -0.2) is 0 Å². The van der Waals surface area contributed by atoms with Gasteiger partial charge in [-0.2, -0.15) is 11.8 Å². The first kappa shape index (κ1) is 9.85. The minimum absolute atomic E-state index is 0.741. The second kappa shape index (κ2) is 4.70. The molecule has 2 rings (SSSR count). The van der Waals surface area contributed by atoms with Crippen molar-refractivity contribution in [1.29, 1.82) is 0 Å². The zero-order valence-electron chi connectivity index (χ0n) is 8.59. The molecule has 0 aromatic rings. The van der Waals surface area contributed by atoms with Crippen molar-refractivity contribution in [3.63, 3.8) is 0 Å². The number of hydrogen-bond donors (Lipinski definition) is 1. The first-order chi connectivity index (χ1) is 6.36. The van der Waals surface area contributed by atoms with Gasteiger partial charge in [-0.1, -0.05) is 25.7 Å². The van der Waals surface area contributed by atoms with E-state index in [1.807, 2.05) is 0 Å². The van der Waals surface area contributed by atoms with E-state index in [-0.39, 0.29) is 0 Å². The average Bonchev–Trinajstić information content (AvgIpc) is 2.08. The molecule has 0 aromatic heterocycles. The molecule has 1 saturated carbocycles. The van der Waals surface area contributed by atoms with Crippen molar-refractivity contribution in [3.8, 4) is 0 Å². The minimum atomic E-state index is 0.741. The summed E-state index contributed by atoms with van der Waals surface area (Å²) in [6, 6.07) is 1.57. The predicted octanol–water partition coefficient (Wildman–Crippen LogP) is 2.80. The molecule has 1 nitrogen and oxygen atoms in total. The fraction of sp³-hybridized carbons (Fsp3) is 1.00. The largest absolute Gasteiger partial charge is 0.310 e. The molecular formula is C11H21NS. The molecule has 1 aliphatic carbocycles. The quantitative estimate of drug-likeness (QED) is 0.644. The predicted molar refractivity (Wildman–Crippen MR) is 60.3 cm³/mol. The summed E-state index contributed by atoms with van der Waals surface area (Å²) < 4.78 is 0. The first-order valence-electron chi connectivity index (χ1n) is 5.74. The van der Waals surface area contributed by atoms with Gasteiger partial charge in [-0.05, 0) is 19.8 Å². The SMILES string of the molecule is CC1CSC2CCCCCCC2N1. The standard InChI is InChI=1S/C11H21NS/c1-9-8-13-11-7-5-3-2-4-6-10(11)12-9/h9-12H,2-8H2,1H3. The molecule has 0 spiro atoms. The molecule has 0 amide bonds. The van der Waals surface area contributed by atoms with Crippen LogP contribution in [-0.4, -0.2) is 23.1 Å². The van der Waals surface area contributed by atoms with E-state index in [2.05, 4.69) is 24.0 Å². The van der Waals surface area contributed by atoms with Crippen LogP contribution in [0.5, 0.6) is 0 Å². The number of nitrogens with one attached hydrogen (secondary N) is 1. The highest BCUT2D eigenvalue weighted by Gasteiger charge is 2.28. The summed E-state index contributed by atoms with van der Waals surface area (Å²) in [6.07, 6.45) is 8.71. The summed E-state index contributed by atoms with van der Waals surface area (Å²) >= 11 is 2.22. The van der Waals surface area contributed by atoms with Crippen LogP contribution in [0.3, 0.4) is 0 Å². The van der Waals surface area contributed by atoms with E-state index in [1.54, 1.807) is 0 Å². The third-order valence-corrected chi connectivity index (χ3v) is 4.95. The van der Waals surface area contributed by atoms with E-state index in [9.17, 15) is 0 Å². The maximum atomic E-state index is 3.77. The zero-order valence-corrected chi connectivity index (χ0v) is 9.41. The monoisotopic (exact) mass is 199 g/mol. The fourth-order valence-electron chi connectivity index (χ4n) is 2.52. The fourth-order valence-corrected chi connectivity index (χ4v) is 3.93. The molecule has 3 unspecified atom stereocenters. The Morgan fingerprint density at radius 2 is 1.85 bits per heavy atom. The Bertz CT molecular complexity index is 158. The van der Waals surface area contributed by atoms with Crippen molar-refractivity contribution >= 4 is 11.8 Å². The average molecular weight is 199 g/mol. The van der Waals surface area contributed by atoms with Gasteiger partial charge in [0.25, 0.3) is 0 Å². The Balaban J connectivity index is 1.91. The molecule has 0 aromatic carbocycles. The van der Waals surface area contributed by atoms with Gasteiger partial charge in [-0.15, -0.1) is 0 Å². The molecular weight excluding hydrogens is 178 g/mol. The highest BCUT2D eigenvalue weighted by Crippen LogP contribution is 2.30. The van der Waals surface area contributed by atoms with E-state index < -0.39 is 0 Å². The Morgan fingerprint density at radius 3 is 2.69 bits per heavy atom. The Hall–Kier alpha value is 0.310. The molecule has 1 heterocycles. The van der Waals surface area contributed by atoms with E-state index >= 15 is 0 Å². The van der Waals surface area contributed by atoms with Crippen LogP contribution in [0.15, 0.2) is 0 Å². The van der Waals surface area contributed by atoms with Crippen molar-refractivity contribution in [2.45, 2.75) is 62.8 Å². The molecule has 3 atom stereocenters. The molecule has 0 bridgehead atoms. The van der Waals surface area contributed by atoms with Crippen molar-refractivity contribution in [2.24, 2.45) is 0 Å². The van der Waals surface area contributed by atoms with Gasteiger partial charge in [0.1, 0.15) is 0 Å². The van der Waals surface area contributed by atoms with Gasteiger partial charge >= 0.3 is 0 Å². The van der Waals surface area contributed by atoms with Crippen LogP contribution < -0.4 is 5.32 Å². The van der Waals surface area contributed by atoms with Gasteiger partial charge in [0.05, 0.1) is 0 Å². The van der Waals surface area contributed by atoms with Gasteiger partial charge in [0.2, 0.25) is 0 Å². The lowest BCUT2D eigenvalue weighted by Gasteiger charge is -2.37. The van der Waals surface area contributed by atoms with Crippen molar-refractivity contribution in [3.05, 3.63) is 0 Å². The maximum Gasteiger partial charge on any atom is 0.0201 e. The third-order valence-electron chi connectivity index (χ3n) is 3.26. The summed E-state index contributed by atoms with van der Waals surface area (Å²) in [7, 11) is 0. The first-order valence-corrected chi connectivity index (χ1v) is 6.79. The molecule has 1 N–H and O–H groups in total. The lowest BCUT2D eigenvalue weighted by Crippen LogP contribution is -2.49. The lowest BCUT2D eigenvalue weighted by atomic mass is 9.95. The molecule has 2 aliphatic rings. The van der Waals surface area contributed by atoms with Gasteiger partial charge in [0, 0.05) is 23.1 Å². The normalized spacial score (nSPS) is 41.8. The van der Waals surface area contributed by atoms with Crippen LogP contribution in [-0.2, 0) is 0 Å². The molecule has 0 radical (unpaired) electrons. The van der Waals surface area contributed by atoms with Crippen molar-refractivity contribution in [2.75, 3.05) is 5.75 Å². The second-order valence-corrected chi connectivity index (χ2v) is 5.81. The molecule has 1 saturated heterocycles. The maximum absolute atomic E-state index is 3.77. The van der Waals surface area contributed by atoms with Crippen LogP contribution >= 0.6 is 11.8 Å². The van der Waals surface area contributed by atoms with E-state index in [0.29, 0.717) is 0 Å². The summed E-state index contributed by atoms with van der Waals surface area (Å²) in [5.74, 6) is 1.32. The second-order valence-electron chi connectivity index (χ2n) is 4.54. The van der Waals surface area contributed by atoms with Crippen LogP contribution in [0.1, 0.15) is 45.4 Å². The summed E-state index contributed by atoms with van der Waals surface area (Å²) in [5.41, 5.74) is 0. The van der Waals surface area contributed by atoms with Gasteiger partial charge in [-0.3, -0.25) is 0 Å². The van der Waals surface area contributed by atoms with Crippen molar-refractivity contribution in [1.82, 2.24) is 5.32 Å². The zero-order chi connectivity index (χ0) is 9.10. The third kappa shape index (κ3) is 2.63. The minimum Gasteiger partial charge on any atom is -0.310 e. The molecule has 13 heavy (non-hydrogen) atoms. The Kier molecular flexibility index (Phi) is 3.56. The summed E-state index contributed by atoms with van der Waals surface area (Å²) in [6.45, 7) is 2.32. The Morgan fingerprint density at radius 1 is 1.08 bits per heavy atom. The van der Waals surface area contributed by atoms with Crippen LogP contribution in [0.4, 0.5) is 0 Å². The Labute approximate surface area is 86.0 Å².